The van der Waals surface area contributed by atoms with Gasteiger partial charge in [-0.15, -0.1) is 5.10 Å². The molecule has 0 radical (unpaired) electrons. The minimum atomic E-state index is -0.390. The lowest BCUT2D eigenvalue weighted by atomic mass is 9.86. The number of carbonyl (C=O) groups excluding carboxylic acids is 2. The summed E-state index contributed by atoms with van der Waals surface area (Å²) in [4.78, 5) is 32.0. The summed E-state index contributed by atoms with van der Waals surface area (Å²) in [5, 5.41) is 8.31. The Morgan fingerprint density at radius 1 is 1.21 bits per heavy atom. The highest BCUT2D eigenvalue weighted by atomic mass is 19.1. The molecule has 10 heteroatoms. The summed E-state index contributed by atoms with van der Waals surface area (Å²) in [6, 6.07) is 11.1. The highest BCUT2D eigenvalue weighted by Gasteiger charge is 2.29. The van der Waals surface area contributed by atoms with Crippen molar-refractivity contribution in [2.45, 2.75) is 31.7 Å². The van der Waals surface area contributed by atoms with Crippen LogP contribution in [0.4, 0.5) is 4.39 Å². The highest BCUT2D eigenvalue weighted by Crippen LogP contribution is 2.41. The topological polar surface area (TPSA) is 96.3 Å². The molecular weight excluding hydrogens is 487 g/mol. The van der Waals surface area contributed by atoms with Crippen molar-refractivity contribution in [3.05, 3.63) is 65.9 Å². The molecule has 2 amide bonds. The van der Waals surface area contributed by atoms with Crippen LogP contribution in [0.25, 0.3) is 22.0 Å². The van der Waals surface area contributed by atoms with E-state index in [1.165, 1.54) is 4.90 Å². The van der Waals surface area contributed by atoms with Gasteiger partial charge in [-0.2, -0.15) is 0 Å². The van der Waals surface area contributed by atoms with Gasteiger partial charge in [-0.3, -0.25) is 14.3 Å². The second-order valence-corrected chi connectivity index (χ2v) is 9.79. The number of hydrogen-bond donors (Lipinski definition) is 1. The van der Waals surface area contributed by atoms with Gasteiger partial charge >= 0.3 is 0 Å². The molecule has 0 saturated carbocycles. The Kier molecular flexibility index (Phi) is 7.13. The Morgan fingerprint density at radius 3 is 2.76 bits per heavy atom. The molecule has 38 heavy (non-hydrogen) atoms. The third-order valence-corrected chi connectivity index (χ3v) is 7.15. The Labute approximate surface area is 220 Å². The molecule has 198 valence electrons. The van der Waals surface area contributed by atoms with Gasteiger partial charge in [0, 0.05) is 56.7 Å². The SMILES string of the molecule is COc1ccccc1-c1cc(C2CCCN(C(=O)CCn3ccnn3)C2)c(F)c2[nH]c(C(=O)N(C)C)cc12. The maximum atomic E-state index is 16.2. The van der Waals surface area contributed by atoms with Crippen LogP contribution in [0, 0.1) is 5.82 Å². The number of H-pyrrole nitrogens is 1. The van der Waals surface area contributed by atoms with E-state index in [-0.39, 0.29) is 23.2 Å². The number of methoxy groups -OCH3 is 1. The van der Waals surface area contributed by atoms with E-state index in [2.05, 4.69) is 15.3 Å². The van der Waals surface area contributed by atoms with E-state index in [4.69, 9.17) is 4.74 Å². The molecule has 2 aromatic carbocycles. The normalized spacial score (nSPS) is 15.6. The Morgan fingerprint density at radius 2 is 2.03 bits per heavy atom. The molecule has 3 heterocycles. The maximum Gasteiger partial charge on any atom is 0.269 e. The predicted molar refractivity (Wildman–Crippen MR) is 141 cm³/mol. The number of piperidine rings is 1. The van der Waals surface area contributed by atoms with Crippen molar-refractivity contribution in [3.63, 3.8) is 0 Å². The molecule has 1 saturated heterocycles. The molecule has 1 atom stereocenters. The monoisotopic (exact) mass is 518 g/mol. The van der Waals surface area contributed by atoms with Crippen LogP contribution in [0.1, 0.15) is 41.2 Å². The van der Waals surface area contributed by atoms with Crippen molar-refractivity contribution in [3.8, 4) is 16.9 Å². The quantitative estimate of drug-likeness (QED) is 0.398. The summed E-state index contributed by atoms with van der Waals surface area (Å²) in [5.74, 6) is -0.154. The first kappa shape index (κ1) is 25.4. The van der Waals surface area contributed by atoms with Gasteiger partial charge in [0.25, 0.3) is 5.91 Å². The summed E-state index contributed by atoms with van der Waals surface area (Å²) in [6.45, 7) is 1.51. The average Bonchev–Trinajstić information content (AvgIpc) is 3.62. The first-order chi connectivity index (χ1) is 18.4. The molecule has 2 aromatic heterocycles. The summed E-state index contributed by atoms with van der Waals surface area (Å²) in [7, 11) is 4.92. The van der Waals surface area contributed by atoms with Gasteiger partial charge < -0.3 is 19.5 Å². The number of ether oxygens (including phenoxy) is 1. The van der Waals surface area contributed by atoms with Crippen LogP contribution < -0.4 is 4.74 Å². The third kappa shape index (κ3) is 4.85. The van der Waals surface area contributed by atoms with Crippen molar-refractivity contribution < 1.29 is 18.7 Å². The van der Waals surface area contributed by atoms with Gasteiger partial charge in [-0.05, 0) is 42.2 Å². The number of aryl methyl sites for hydroxylation is 1. The van der Waals surface area contributed by atoms with E-state index in [1.54, 1.807) is 44.3 Å². The lowest BCUT2D eigenvalue weighted by molar-refractivity contribution is -0.132. The van der Waals surface area contributed by atoms with Crippen LogP contribution in [-0.2, 0) is 11.3 Å². The number of amides is 2. The molecule has 0 spiro atoms. The van der Waals surface area contributed by atoms with Gasteiger partial charge in [-0.1, -0.05) is 23.4 Å². The zero-order chi connectivity index (χ0) is 26.8. The summed E-state index contributed by atoms with van der Waals surface area (Å²) in [5.41, 5.74) is 2.70. The van der Waals surface area contributed by atoms with Gasteiger partial charge in [0.1, 0.15) is 11.4 Å². The lowest BCUT2D eigenvalue weighted by Crippen LogP contribution is -2.39. The van der Waals surface area contributed by atoms with E-state index >= 15 is 4.39 Å². The summed E-state index contributed by atoms with van der Waals surface area (Å²) >= 11 is 0. The number of nitrogens with one attached hydrogen (secondary N) is 1. The number of benzene rings is 2. The number of carbonyl (C=O) groups is 2. The standard InChI is InChI=1S/C28H31FN6O3/c1-33(2)28(37)23-16-22-21(19-8-4-5-9-24(19)38-3)15-20(26(29)27(22)31-23)18-7-6-12-34(17-18)25(36)10-13-35-14-11-30-32-35/h4-5,8-9,11,14-16,18,31H,6-7,10,12-13,17H2,1-3H3. The molecule has 0 aliphatic carbocycles. The van der Waals surface area contributed by atoms with E-state index in [1.807, 2.05) is 35.2 Å². The number of halogens is 1. The van der Waals surface area contributed by atoms with Gasteiger partial charge in [0.2, 0.25) is 5.91 Å². The molecule has 0 bridgehead atoms. The van der Waals surface area contributed by atoms with Crippen LogP contribution in [-0.4, -0.2) is 75.9 Å². The minimum Gasteiger partial charge on any atom is -0.496 e. The van der Waals surface area contributed by atoms with E-state index in [0.717, 1.165) is 24.0 Å². The minimum absolute atomic E-state index is 0.00961. The van der Waals surface area contributed by atoms with Crippen molar-refractivity contribution in [2.24, 2.45) is 0 Å². The number of hydrogen-bond acceptors (Lipinski definition) is 5. The number of nitrogens with zero attached hydrogens (tertiary/aromatic N) is 5. The van der Waals surface area contributed by atoms with Gasteiger partial charge in [0.15, 0.2) is 5.82 Å². The zero-order valence-electron chi connectivity index (χ0n) is 21.8. The molecule has 4 aromatic rings. The summed E-state index contributed by atoms with van der Waals surface area (Å²) in [6.07, 6.45) is 5.14. The molecule has 1 fully saturated rings. The second-order valence-electron chi connectivity index (χ2n) is 9.79. The molecule has 9 nitrogen and oxygen atoms in total. The van der Waals surface area contributed by atoms with E-state index in [9.17, 15) is 9.59 Å². The largest absolute Gasteiger partial charge is 0.496 e. The van der Waals surface area contributed by atoms with E-state index in [0.29, 0.717) is 48.4 Å². The lowest BCUT2D eigenvalue weighted by Gasteiger charge is -2.33. The number of fused-ring (bicyclic) bond motifs is 1. The third-order valence-electron chi connectivity index (χ3n) is 7.15. The number of likely N-dealkylation sites (tertiary alicyclic amines) is 1. The molecule has 5 rings (SSSR count). The van der Waals surface area contributed by atoms with Crippen LogP contribution in [0.15, 0.2) is 48.8 Å². The zero-order valence-corrected chi connectivity index (χ0v) is 21.8. The number of aromatic nitrogens is 4. The summed E-state index contributed by atoms with van der Waals surface area (Å²) < 4.78 is 23.4. The average molecular weight is 519 g/mol. The molecule has 1 aliphatic heterocycles. The fourth-order valence-corrected chi connectivity index (χ4v) is 5.20. The van der Waals surface area contributed by atoms with Crippen LogP contribution in [0.3, 0.4) is 0 Å². The van der Waals surface area contributed by atoms with Gasteiger partial charge in [0.05, 0.1) is 25.4 Å². The Hall–Kier alpha value is -4.21. The highest BCUT2D eigenvalue weighted by molar-refractivity contribution is 6.04. The van der Waals surface area contributed by atoms with Crippen LogP contribution in [0.2, 0.25) is 0 Å². The molecule has 1 unspecified atom stereocenters. The Bertz CT molecular complexity index is 1460. The smallest absolute Gasteiger partial charge is 0.269 e. The molecule has 1 aliphatic rings. The number of aromatic amines is 1. The van der Waals surface area contributed by atoms with Crippen molar-refractivity contribution in [1.82, 2.24) is 29.8 Å². The predicted octanol–water partition coefficient (Wildman–Crippen LogP) is 4.07. The fourth-order valence-electron chi connectivity index (χ4n) is 5.20. The van der Waals surface area contributed by atoms with E-state index < -0.39 is 5.82 Å². The van der Waals surface area contributed by atoms with Crippen molar-refractivity contribution in [2.75, 3.05) is 34.3 Å². The molecular formula is C28H31FN6O3. The van der Waals surface area contributed by atoms with Crippen LogP contribution >= 0.6 is 0 Å². The van der Waals surface area contributed by atoms with Gasteiger partial charge in [-0.25, -0.2) is 4.39 Å². The number of rotatable bonds is 7. The van der Waals surface area contributed by atoms with Crippen molar-refractivity contribution >= 4 is 22.7 Å². The fraction of sp³-hybridized carbons (Fsp3) is 0.357. The molecule has 1 N–H and O–H groups in total. The van der Waals surface area contributed by atoms with Crippen molar-refractivity contribution in [1.29, 1.82) is 0 Å². The first-order valence-corrected chi connectivity index (χ1v) is 12.7. The maximum absolute atomic E-state index is 16.2. The Balaban J connectivity index is 1.53. The van der Waals surface area contributed by atoms with Crippen LogP contribution in [0.5, 0.6) is 5.75 Å². The first-order valence-electron chi connectivity index (χ1n) is 12.7. The number of para-hydroxylation sites is 1. The second kappa shape index (κ2) is 10.6.